The van der Waals surface area contributed by atoms with Gasteiger partial charge >= 0.3 is 0 Å². The smallest absolute Gasteiger partial charge is 0.211 e. The van der Waals surface area contributed by atoms with Gasteiger partial charge in [0.05, 0.1) is 12.1 Å². The Morgan fingerprint density at radius 2 is 1.93 bits per heavy atom. The molecule has 0 aliphatic rings. The van der Waals surface area contributed by atoms with Crippen molar-refractivity contribution in [2.24, 2.45) is 0 Å². The molecule has 14 heavy (non-hydrogen) atoms. The van der Waals surface area contributed by atoms with Crippen molar-refractivity contribution in [3.8, 4) is 12.1 Å². The molecule has 0 fully saturated rings. The van der Waals surface area contributed by atoms with E-state index in [1.165, 1.54) is 6.92 Å². The Hall–Kier alpha value is -1.11. The Bertz CT molecular complexity index is 350. The summed E-state index contributed by atoms with van der Waals surface area (Å²) in [4.78, 5) is 0. The predicted octanol–water partition coefficient (Wildman–Crippen LogP) is 0.510. The lowest BCUT2D eigenvalue weighted by atomic mass is 10.2. The molecule has 2 atom stereocenters. The molecule has 1 N–H and O–H groups in total. The van der Waals surface area contributed by atoms with Crippen LogP contribution in [0.4, 0.5) is 0 Å². The van der Waals surface area contributed by atoms with Gasteiger partial charge in [0.1, 0.15) is 6.04 Å². The number of nitriles is 2. The van der Waals surface area contributed by atoms with E-state index in [1.807, 2.05) is 13.0 Å². The van der Waals surface area contributed by atoms with E-state index in [9.17, 15) is 8.42 Å². The maximum absolute atomic E-state index is 11.3. The van der Waals surface area contributed by atoms with E-state index in [0.29, 0.717) is 12.8 Å². The molecule has 0 bridgehead atoms. The third-order valence-corrected chi connectivity index (χ3v) is 3.34. The minimum Gasteiger partial charge on any atom is -0.211 e. The molecular weight excluding hydrogens is 202 g/mol. The second-order valence-corrected chi connectivity index (χ2v) is 4.94. The van der Waals surface area contributed by atoms with Crippen molar-refractivity contribution in [1.29, 1.82) is 10.5 Å². The summed E-state index contributed by atoms with van der Waals surface area (Å²) < 4.78 is 24.8. The molecule has 0 aromatic heterocycles. The molecule has 6 heteroatoms. The Morgan fingerprint density at radius 1 is 1.36 bits per heavy atom. The highest BCUT2D eigenvalue weighted by Crippen LogP contribution is 2.02. The maximum atomic E-state index is 11.3. The predicted molar refractivity (Wildman–Crippen MR) is 51.4 cm³/mol. The molecule has 0 aromatic carbocycles. The molecule has 0 spiro atoms. The molecule has 0 aliphatic heterocycles. The number of sulfonamides is 1. The maximum Gasteiger partial charge on any atom is 0.228 e. The van der Waals surface area contributed by atoms with E-state index in [0.717, 1.165) is 0 Å². The van der Waals surface area contributed by atoms with Gasteiger partial charge in [-0.25, -0.2) is 8.42 Å². The lowest BCUT2D eigenvalue weighted by Gasteiger charge is -2.11. The average molecular weight is 215 g/mol. The zero-order valence-corrected chi connectivity index (χ0v) is 9.00. The van der Waals surface area contributed by atoms with Crippen LogP contribution in [0.3, 0.4) is 0 Å². The minimum absolute atomic E-state index is 0.452. The van der Waals surface area contributed by atoms with Crippen molar-refractivity contribution < 1.29 is 8.42 Å². The quantitative estimate of drug-likeness (QED) is 0.723. The third-order valence-electron chi connectivity index (χ3n) is 1.69. The summed E-state index contributed by atoms with van der Waals surface area (Å²) in [7, 11) is -3.68. The van der Waals surface area contributed by atoms with Gasteiger partial charge in [-0.3, -0.25) is 0 Å². The van der Waals surface area contributed by atoms with Gasteiger partial charge in [-0.1, -0.05) is 13.3 Å². The van der Waals surface area contributed by atoms with E-state index >= 15 is 0 Å². The number of nitrogens with zero attached hydrogens (tertiary/aromatic N) is 2. The third kappa shape index (κ3) is 3.73. The van der Waals surface area contributed by atoms with Gasteiger partial charge in [-0.15, -0.1) is 0 Å². The molecule has 0 aromatic rings. The van der Waals surface area contributed by atoms with Crippen LogP contribution in [0.2, 0.25) is 0 Å². The van der Waals surface area contributed by atoms with Gasteiger partial charge in [0.15, 0.2) is 5.25 Å². The Kier molecular flexibility index (Phi) is 5.14. The first kappa shape index (κ1) is 12.9. The fraction of sp³-hybridized carbons (Fsp3) is 0.750. The number of rotatable bonds is 5. The summed E-state index contributed by atoms with van der Waals surface area (Å²) in [5.74, 6) is 0. The topological polar surface area (TPSA) is 93.8 Å². The molecule has 0 heterocycles. The first-order chi connectivity index (χ1) is 6.47. The summed E-state index contributed by atoms with van der Waals surface area (Å²) in [6, 6.07) is 2.72. The molecule has 0 radical (unpaired) electrons. The minimum atomic E-state index is -3.68. The standard InChI is InChI=1S/C8H13N3O2S/c1-3-4-8(6-10)11-14(12,13)7(2)5-9/h7-8,11H,3-4H2,1-2H3. The summed E-state index contributed by atoms with van der Waals surface area (Å²) in [5, 5.41) is 15.9. The highest BCUT2D eigenvalue weighted by atomic mass is 32.2. The first-order valence-corrected chi connectivity index (χ1v) is 5.83. The Morgan fingerprint density at radius 3 is 2.29 bits per heavy atom. The molecule has 5 nitrogen and oxygen atoms in total. The molecule has 0 rings (SSSR count). The van der Waals surface area contributed by atoms with Gasteiger partial charge in [-0.05, 0) is 13.3 Å². The number of hydrogen-bond acceptors (Lipinski definition) is 4. The summed E-state index contributed by atoms with van der Waals surface area (Å²) in [6.45, 7) is 3.13. The fourth-order valence-electron chi connectivity index (χ4n) is 0.808. The van der Waals surface area contributed by atoms with Gasteiger partial charge in [0.25, 0.3) is 0 Å². The van der Waals surface area contributed by atoms with Crippen LogP contribution in [-0.4, -0.2) is 19.7 Å². The highest BCUT2D eigenvalue weighted by Gasteiger charge is 2.23. The van der Waals surface area contributed by atoms with Crippen LogP contribution >= 0.6 is 0 Å². The van der Waals surface area contributed by atoms with Crippen LogP contribution in [0.1, 0.15) is 26.7 Å². The lowest BCUT2D eigenvalue weighted by molar-refractivity contribution is 0.559. The van der Waals surface area contributed by atoms with Crippen molar-refractivity contribution in [1.82, 2.24) is 4.72 Å². The molecule has 2 unspecified atom stereocenters. The van der Waals surface area contributed by atoms with Crippen molar-refractivity contribution >= 4 is 10.0 Å². The van der Waals surface area contributed by atoms with Crippen molar-refractivity contribution in [2.45, 2.75) is 38.0 Å². The van der Waals surface area contributed by atoms with Crippen LogP contribution in [0.15, 0.2) is 0 Å². The zero-order valence-electron chi connectivity index (χ0n) is 8.19. The van der Waals surface area contributed by atoms with Gasteiger partial charge in [0, 0.05) is 0 Å². The molecule has 0 aliphatic carbocycles. The van der Waals surface area contributed by atoms with Crippen LogP contribution < -0.4 is 4.72 Å². The summed E-state index contributed by atoms with van der Waals surface area (Å²) in [6.07, 6.45) is 1.16. The first-order valence-electron chi connectivity index (χ1n) is 4.28. The van der Waals surface area contributed by atoms with E-state index in [4.69, 9.17) is 10.5 Å². The van der Waals surface area contributed by atoms with Crippen molar-refractivity contribution in [2.75, 3.05) is 0 Å². The molecule has 0 amide bonds. The van der Waals surface area contributed by atoms with Crippen LogP contribution in [0, 0.1) is 22.7 Å². The normalized spacial score (nSPS) is 15.1. The highest BCUT2D eigenvalue weighted by molar-refractivity contribution is 7.90. The molecule has 0 saturated heterocycles. The lowest BCUT2D eigenvalue weighted by Crippen LogP contribution is -2.38. The van der Waals surface area contributed by atoms with Crippen LogP contribution in [0.5, 0.6) is 0 Å². The average Bonchev–Trinajstić information content (AvgIpc) is 2.15. The Labute approximate surface area is 84.4 Å². The molecular formula is C8H13N3O2S. The van der Waals surface area contributed by atoms with Gasteiger partial charge in [-0.2, -0.15) is 15.2 Å². The molecule has 0 saturated carbocycles. The summed E-state index contributed by atoms with van der Waals surface area (Å²) >= 11 is 0. The second kappa shape index (κ2) is 5.58. The van der Waals surface area contributed by atoms with E-state index in [-0.39, 0.29) is 0 Å². The second-order valence-electron chi connectivity index (χ2n) is 2.90. The van der Waals surface area contributed by atoms with Gasteiger partial charge in [0.2, 0.25) is 10.0 Å². The molecule has 78 valence electrons. The van der Waals surface area contributed by atoms with Crippen LogP contribution in [0.25, 0.3) is 0 Å². The fourth-order valence-corrected chi connectivity index (χ4v) is 1.72. The van der Waals surface area contributed by atoms with E-state index in [2.05, 4.69) is 4.72 Å². The van der Waals surface area contributed by atoms with Crippen LogP contribution in [-0.2, 0) is 10.0 Å². The van der Waals surface area contributed by atoms with Crippen molar-refractivity contribution in [3.63, 3.8) is 0 Å². The number of nitrogens with one attached hydrogen (secondary N) is 1. The van der Waals surface area contributed by atoms with E-state index < -0.39 is 21.3 Å². The zero-order chi connectivity index (χ0) is 11.2. The summed E-state index contributed by atoms with van der Waals surface area (Å²) in [5.41, 5.74) is 0. The SMILES string of the molecule is CCCC(C#N)NS(=O)(=O)C(C)C#N. The largest absolute Gasteiger partial charge is 0.228 e. The Balaban J connectivity index is 4.52. The monoisotopic (exact) mass is 215 g/mol. The van der Waals surface area contributed by atoms with Gasteiger partial charge < -0.3 is 0 Å². The van der Waals surface area contributed by atoms with Crippen molar-refractivity contribution in [3.05, 3.63) is 0 Å². The van der Waals surface area contributed by atoms with E-state index in [1.54, 1.807) is 6.07 Å². The number of hydrogen-bond donors (Lipinski definition) is 1.